The van der Waals surface area contributed by atoms with Gasteiger partial charge in [-0.1, -0.05) is 18.2 Å². The minimum atomic E-state index is 0.690. The fraction of sp³-hybridized carbons (Fsp3) is 0.364. The van der Waals surface area contributed by atoms with Crippen LogP contribution in [0.5, 0.6) is 5.75 Å². The minimum Gasteiger partial charge on any atom is -0.493 e. The summed E-state index contributed by atoms with van der Waals surface area (Å²) in [5.74, 6) is 1.99. The normalized spacial score (nSPS) is 14.7. The summed E-state index contributed by atoms with van der Waals surface area (Å²) in [6, 6.07) is 9.85. The summed E-state index contributed by atoms with van der Waals surface area (Å²) in [5.41, 5.74) is 0. The maximum absolute atomic E-state index is 5.55. The first-order valence-electron chi connectivity index (χ1n) is 4.90. The highest BCUT2D eigenvalue weighted by atomic mass is 16.5. The molecule has 0 aliphatic carbocycles. The van der Waals surface area contributed by atoms with Gasteiger partial charge in [0.1, 0.15) is 5.75 Å². The first-order chi connectivity index (χ1) is 6.95. The van der Waals surface area contributed by atoms with E-state index in [9.17, 15) is 0 Å². The molecule has 0 atom stereocenters. The molecule has 1 aromatic carbocycles. The Hall–Kier alpha value is -1.51. The van der Waals surface area contributed by atoms with Gasteiger partial charge in [0.2, 0.25) is 0 Å². The molecular formula is C11H14N2O. The molecule has 1 aliphatic heterocycles. The average molecular weight is 190 g/mol. The molecule has 0 fully saturated rings. The lowest BCUT2D eigenvalue weighted by Gasteiger charge is -2.05. The van der Waals surface area contributed by atoms with E-state index >= 15 is 0 Å². The maximum atomic E-state index is 5.55. The van der Waals surface area contributed by atoms with Crippen LogP contribution in [0, 0.1) is 0 Å². The van der Waals surface area contributed by atoms with Gasteiger partial charge in [-0.15, -0.1) is 0 Å². The second-order valence-electron chi connectivity index (χ2n) is 3.17. The van der Waals surface area contributed by atoms with Gasteiger partial charge in [-0.3, -0.25) is 4.99 Å². The third-order valence-electron chi connectivity index (χ3n) is 2.09. The lowest BCUT2D eigenvalue weighted by atomic mass is 10.3. The molecule has 3 nitrogen and oxygen atoms in total. The molecule has 1 aromatic rings. The molecule has 3 heteroatoms. The summed E-state index contributed by atoms with van der Waals surface area (Å²) in [4.78, 5) is 4.29. The molecule has 74 valence electrons. The van der Waals surface area contributed by atoms with E-state index in [2.05, 4.69) is 10.3 Å². The van der Waals surface area contributed by atoms with Crippen LogP contribution < -0.4 is 10.1 Å². The zero-order valence-electron chi connectivity index (χ0n) is 8.07. The highest BCUT2D eigenvalue weighted by Gasteiger charge is 2.03. The summed E-state index contributed by atoms with van der Waals surface area (Å²) in [6.07, 6.45) is 0.870. The van der Waals surface area contributed by atoms with Crippen molar-refractivity contribution in [2.24, 2.45) is 4.99 Å². The Morgan fingerprint density at radius 3 is 2.86 bits per heavy atom. The highest BCUT2D eigenvalue weighted by molar-refractivity contribution is 5.83. The Morgan fingerprint density at radius 1 is 1.29 bits per heavy atom. The van der Waals surface area contributed by atoms with Gasteiger partial charge < -0.3 is 10.1 Å². The van der Waals surface area contributed by atoms with Gasteiger partial charge >= 0.3 is 0 Å². The number of benzene rings is 1. The molecular weight excluding hydrogens is 176 g/mol. The molecule has 0 amide bonds. The molecule has 1 heterocycles. The van der Waals surface area contributed by atoms with Crippen molar-refractivity contribution in [1.82, 2.24) is 5.32 Å². The Kier molecular flexibility index (Phi) is 3.01. The van der Waals surface area contributed by atoms with Crippen molar-refractivity contribution >= 4 is 5.84 Å². The van der Waals surface area contributed by atoms with Crippen LogP contribution in [0.2, 0.25) is 0 Å². The van der Waals surface area contributed by atoms with Gasteiger partial charge in [0, 0.05) is 13.0 Å². The number of ether oxygens (including phenoxy) is 1. The number of nitrogens with zero attached hydrogens (tertiary/aromatic N) is 1. The zero-order chi connectivity index (χ0) is 9.64. The summed E-state index contributed by atoms with van der Waals surface area (Å²) >= 11 is 0. The number of hydrogen-bond donors (Lipinski definition) is 1. The minimum absolute atomic E-state index is 0.690. The summed E-state index contributed by atoms with van der Waals surface area (Å²) < 4.78 is 5.55. The van der Waals surface area contributed by atoms with Crippen LogP contribution in [0.25, 0.3) is 0 Å². The monoisotopic (exact) mass is 190 g/mol. The first kappa shape index (κ1) is 9.06. The molecule has 2 rings (SSSR count). The second-order valence-corrected chi connectivity index (χ2v) is 3.17. The number of hydrogen-bond acceptors (Lipinski definition) is 3. The smallest absolute Gasteiger partial charge is 0.119 e. The van der Waals surface area contributed by atoms with Crippen LogP contribution in [0.1, 0.15) is 6.42 Å². The number of nitrogens with one attached hydrogen (secondary N) is 1. The number of amidine groups is 1. The number of aliphatic imine (C=N–C) groups is 1. The molecule has 0 radical (unpaired) electrons. The fourth-order valence-electron chi connectivity index (χ4n) is 1.40. The molecule has 0 bridgehead atoms. The summed E-state index contributed by atoms with van der Waals surface area (Å²) in [7, 11) is 0. The molecule has 0 saturated heterocycles. The van der Waals surface area contributed by atoms with E-state index in [1.54, 1.807) is 0 Å². The Morgan fingerprint density at radius 2 is 2.14 bits per heavy atom. The third kappa shape index (κ3) is 2.49. The molecule has 0 unspecified atom stereocenters. The first-order valence-corrected chi connectivity index (χ1v) is 4.90. The van der Waals surface area contributed by atoms with Crippen molar-refractivity contribution in [3.8, 4) is 5.75 Å². The fourth-order valence-corrected chi connectivity index (χ4v) is 1.40. The van der Waals surface area contributed by atoms with Gasteiger partial charge in [-0.2, -0.15) is 0 Å². The summed E-state index contributed by atoms with van der Waals surface area (Å²) in [5, 5.41) is 3.21. The van der Waals surface area contributed by atoms with Crippen LogP contribution >= 0.6 is 0 Å². The molecule has 0 saturated carbocycles. The quantitative estimate of drug-likeness (QED) is 0.779. The number of para-hydroxylation sites is 1. The zero-order valence-corrected chi connectivity index (χ0v) is 8.07. The van der Waals surface area contributed by atoms with Gasteiger partial charge in [-0.25, -0.2) is 0 Å². The van der Waals surface area contributed by atoms with E-state index in [4.69, 9.17) is 4.74 Å². The molecule has 1 N–H and O–H groups in total. The van der Waals surface area contributed by atoms with Crippen LogP contribution in [-0.2, 0) is 0 Å². The SMILES string of the molecule is c1ccc(OCCC2=NCCN2)cc1. The Labute approximate surface area is 83.8 Å². The highest BCUT2D eigenvalue weighted by Crippen LogP contribution is 2.08. The lowest BCUT2D eigenvalue weighted by molar-refractivity contribution is 0.328. The topological polar surface area (TPSA) is 33.6 Å². The van der Waals surface area contributed by atoms with Gasteiger partial charge in [0.05, 0.1) is 19.0 Å². The van der Waals surface area contributed by atoms with Crippen LogP contribution in [0.4, 0.5) is 0 Å². The van der Waals surface area contributed by atoms with Crippen molar-refractivity contribution < 1.29 is 4.74 Å². The predicted molar refractivity (Wildman–Crippen MR) is 56.9 cm³/mol. The Balaban J connectivity index is 1.73. The van der Waals surface area contributed by atoms with E-state index < -0.39 is 0 Å². The maximum Gasteiger partial charge on any atom is 0.119 e. The van der Waals surface area contributed by atoms with Crippen molar-refractivity contribution in [2.75, 3.05) is 19.7 Å². The van der Waals surface area contributed by atoms with Crippen molar-refractivity contribution in [1.29, 1.82) is 0 Å². The van der Waals surface area contributed by atoms with E-state index in [1.807, 2.05) is 30.3 Å². The third-order valence-corrected chi connectivity index (χ3v) is 2.09. The molecule has 1 aliphatic rings. The van der Waals surface area contributed by atoms with Gasteiger partial charge in [0.25, 0.3) is 0 Å². The van der Waals surface area contributed by atoms with Crippen molar-refractivity contribution in [3.63, 3.8) is 0 Å². The second kappa shape index (κ2) is 4.65. The van der Waals surface area contributed by atoms with E-state index in [0.717, 1.165) is 31.1 Å². The van der Waals surface area contributed by atoms with Crippen molar-refractivity contribution in [2.45, 2.75) is 6.42 Å². The van der Waals surface area contributed by atoms with Gasteiger partial charge in [0.15, 0.2) is 0 Å². The lowest BCUT2D eigenvalue weighted by Crippen LogP contribution is -2.20. The standard InChI is InChI=1S/C11H14N2O/c1-2-4-10(5-3-1)14-9-6-11-12-7-8-13-11/h1-5H,6-9H2,(H,12,13). The number of rotatable bonds is 4. The van der Waals surface area contributed by atoms with Crippen LogP contribution in [-0.4, -0.2) is 25.5 Å². The van der Waals surface area contributed by atoms with E-state index in [-0.39, 0.29) is 0 Å². The van der Waals surface area contributed by atoms with Crippen molar-refractivity contribution in [3.05, 3.63) is 30.3 Å². The molecule has 14 heavy (non-hydrogen) atoms. The Bertz CT molecular complexity index is 308. The predicted octanol–water partition coefficient (Wildman–Crippen LogP) is 1.46. The summed E-state index contributed by atoms with van der Waals surface area (Å²) in [6.45, 7) is 2.57. The van der Waals surface area contributed by atoms with E-state index in [0.29, 0.717) is 6.61 Å². The molecule has 0 aromatic heterocycles. The van der Waals surface area contributed by atoms with Crippen LogP contribution in [0.15, 0.2) is 35.3 Å². The largest absolute Gasteiger partial charge is 0.493 e. The molecule has 0 spiro atoms. The average Bonchev–Trinajstić information content (AvgIpc) is 2.72. The van der Waals surface area contributed by atoms with E-state index in [1.165, 1.54) is 0 Å². The van der Waals surface area contributed by atoms with Gasteiger partial charge in [-0.05, 0) is 12.1 Å². The van der Waals surface area contributed by atoms with Crippen LogP contribution in [0.3, 0.4) is 0 Å².